The molecule has 0 aliphatic carbocycles. The molecule has 2 aromatic carbocycles. The summed E-state index contributed by atoms with van der Waals surface area (Å²) in [6, 6.07) is 17.0. The Morgan fingerprint density at radius 1 is 1.00 bits per heavy atom. The van der Waals surface area contributed by atoms with Crippen LogP contribution in [0.1, 0.15) is 29.8 Å². The number of piperazine rings is 1. The molecule has 6 heteroatoms. The van der Waals surface area contributed by atoms with Crippen LogP contribution in [0.15, 0.2) is 59.5 Å². The van der Waals surface area contributed by atoms with Crippen molar-refractivity contribution < 1.29 is 13.2 Å². The second-order valence-corrected chi connectivity index (χ2v) is 9.00. The molecule has 144 valence electrons. The Labute approximate surface area is 161 Å². The molecule has 1 fully saturated rings. The molecule has 0 aromatic heterocycles. The molecule has 1 aliphatic heterocycles. The summed E-state index contributed by atoms with van der Waals surface area (Å²) in [5.74, 6) is -0.133. The third-order valence-electron chi connectivity index (χ3n) is 5.15. The lowest BCUT2D eigenvalue weighted by Gasteiger charge is -2.37. The van der Waals surface area contributed by atoms with Crippen molar-refractivity contribution in [2.24, 2.45) is 0 Å². The van der Waals surface area contributed by atoms with E-state index in [4.69, 9.17) is 0 Å². The summed E-state index contributed by atoms with van der Waals surface area (Å²) in [6.07, 6.45) is 0.953. The van der Waals surface area contributed by atoms with Crippen molar-refractivity contribution in [3.8, 4) is 0 Å². The molecule has 1 atom stereocenters. The Hall–Kier alpha value is -2.02. The number of nitrogens with zero attached hydrogens (tertiary/aromatic N) is 2. The first-order chi connectivity index (χ1) is 12.9. The summed E-state index contributed by atoms with van der Waals surface area (Å²) >= 11 is 0. The van der Waals surface area contributed by atoms with Crippen LogP contribution < -0.4 is 0 Å². The number of sulfonamides is 1. The van der Waals surface area contributed by atoms with Gasteiger partial charge in [0.25, 0.3) is 0 Å². The van der Waals surface area contributed by atoms with Gasteiger partial charge in [0.05, 0.1) is 4.90 Å². The predicted octanol–water partition coefficient (Wildman–Crippen LogP) is 2.83. The van der Waals surface area contributed by atoms with Crippen LogP contribution in [0, 0.1) is 0 Å². The first-order valence-electron chi connectivity index (χ1n) is 9.27. The maximum Gasteiger partial charge on any atom is 0.243 e. The lowest BCUT2D eigenvalue weighted by atomic mass is 10.1. The molecular formula is C21H26N2O3S. The smallest absolute Gasteiger partial charge is 0.243 e. The van der Waals surface area contributed by atoms with Gasteiger partial charge in [-0.05, 0) is 38.0 Å². The highest BCUT2D eigenvalue weighted by Crippen LogP contribution is 2.20. The SMILES string of the molecule is CC(=O)c1cccc(S(=O)(=O)N2CCN(C(C)Cc3ccccc3)CC2)c1. The van der Waals surface area contributed by atoms with E-state index in [9.17, 15) is 13.2 Å². The first kappa shape index (κ1) is 19.7. The number of carbonyl (C=O) groups excluding carboxylic acids is 1. The number of hydrogen-bond acceptors (Lipinski definition) is 4. The molecule has 0 saturated carbocycles. The summed E-state index contributed by atoms with van der Waals surface area (Å²) in [5.41, 5.74) is 1.72. The molecule has 0 spiro atoms. The number of rotatable bonds is 6. The molecule has 0 bridgehead atoms. The van der Waals surface area contributed by atoms with Crippen LogP contribution >= 0.6 is 0 Å². The van der Waals surface area contributed by atoms with Gasteiger partial charge in [0.1, 0.15) is 0 Å². The number of ketones is 1. The summed E-state index contributed by atoms with van der Waals surface area (Å²) in [5, 5.41) is 0. The molecule has 0 radical (unpaired) electrons. The van der Waals surface area contributed by atoms with Crippen LogP contribution in [0.5, 0.6) is 0 Å². The number of benzene rings is 2. The topological polar surface area (TPSA) is 57.7 Å². The molecule has 0 N–H and O–H groups in total. The summed E-state index contributed by atoms with van der Waals surface area (Å²) < 4.78 is 27.4. The first-order valence-corrected chi connectivity index (χ1v) is 10.7. The normalized spacial score (nSPS) is 17.6. The fourth-order valence-corrected chi connectivity index (χ4v) is 4.96. The summed E-state index contributed by atoms with van der Waals surface area (Å²) in [7, 11) is -3.57. The van der Waals surface area contributed by atoms with Crippen LogP contribution in [-0.2, 0) is 16.4 Å². The highest BCUT2D eigenvalue weighted by atomic mass is 32.2. The van der Waals surface area contributed by atoms with Crippen molar-refractivity contribution in [2.75, 3.05) is 26.2 Å². The van der Waals surface area contributed by atoms with Crippen LogP contribution in [0.4, 0.5) is 0 Å². The molecule has 27 heavy (non-hydrogen) atoms. The number of carbonyl (C=O) groups is 1. The average molecular weight is 387 g/mol. The molecule has 1 saturated heterocycles. The lowest BCUT2D eigenvalue weighted by molar-refractivity contribution is 0.101. The zero-order valence-corrected chi connectivity index (χ0v) is 16.7. The molecular weight excluding hydrogens is 360 g/mol. The van der Waals surface area contributed by atoms with Crippen LogP contribution in [0.3, 0.4) is 0 Å². The number of Topliss-reactive ketones (excluding diaryl/α,β-unsaturated/α-hetero) is 1. The standard InChI is InChI=1S/C21H26N2O3S/c1-17(15-19-7-4-3-5-8-19)22-11-13-23(14-12-22)27(25,26)21-10-6-9-20(16-21)18(2)24/h3-10,16-17H,11-15H2,1-2H3. The monoisotopic (exact) mass is 386 g/mol. The molecule has 1 heterocycles. The van der Waals surface area contributed by atoms with Crippen molar-refractivity contribution in [1.82, 2.24) is 9.21 Å². The van der Waals surface area contributed by atoms with Crippen LogP contribution in [-0.4, -0.2) is 55.6 Å². The van der Waals surface area contributed by atoms with E-state index in [1.165, 1.54) is 22.9 Å². The fraction of sp³-hybridized carbons (Fsp3) is 0.381. The van der Waals surface area contributed by atoms with E-state index >= 15 is 0 Å². The molecule has 1 aliphatic rings. The van der Waals surface area contributed by atoms with Crippen molar-refractivity contribution in [3.63, 3.8) is 0 Å². The van der Waals surface area contributed by atoms with Crippen LogP contribution in [0.25, 0.3) is 0 Å². The average Bonchev–Trinajstić information content (AvgIpc) is 2.69. The zero-order valence-electron chi connectivity index (χ0n) is 15.8. The van der Waals surface area contributed by atoms with E-state index in [0.29, 0.717) is 37.8 Å². The Kier molecular flexibility index (Phi) is 6.09. The third kappa shape index (κ3) is 4.64. The van der Waals surface area contributed by atoms with Crippen molar-refractivity contribution in [3.05, 3.63) is 65.7 Å². The van der Waals surface area contributed by atoms with Crippen molar-refractivity contribution in [2.45, 2.75) is 31.2 Å². The highest BCUT2D eigenvalue weighted by Gasteiger charge is 2.30. The van der Waals surface area contributed by atoms with Gasteiger partial charge in [-0.1, -0.05) is 42.5 Å². The van der Waals surface area contributed by atoms with Crippen LogP contribution in [0.2, 0.25) is 0 Å². The Morgan fingerprint density at radius 2 is 1.67 bits per heavy atom. The Bertz CT molecular complexity index is 889. The molecule has 0 amide bonds. The van der Waals surface area contributed by atoms with Gasteiger partial charge in [0.15, 0.2) is 5.78 Å². The predicted molar refractivity (Wildman–Crippen MR) is 106 cm³/mol. The third-order valence-corrected chi connectivity index (χ3v) is 7.04. The second-order valence-electron chi connectivity index (χ2n) is 7.06. The van der Waals surface area contributed by atoms with E-state index < -0.39 is 10.0 Å². The Morgan fingerprint density at radius 3 is 2.30 bits per heavy atom. The highest BCUT2D eigenvalue weighted by molar-refractivity contribution is 7.89. The van der Waals surface area contributed by atoms with Crippen molar-refractivity contribution in [1.29, 1.82) is 0 Å². The summed E-state index contributed by atoms with van der Waals surface area (Å²) in [6.45, 7) is 5.98. The zero-order chi connectivity index (χ0) is 19.4. The molecule has 2 aromatic rings. The van der Waals surface area contributed by atoms with E-state index in [1.54, 1.807) is 18.2 Å². The van der Waals surface area contributed by atoms with E-state index in [1.807, 2.05) is 18.2 Å². The van der Waals surface area contributed by atoms with Gasteiger partial charge < -0.3 is 0 Å². The minimum atomic E-state index is -3.57. The van der Waals surface area contributed by atoms with E-state index in [0.717, 1.165) is 6.42 Å². The Balaban J connectivity index is 1.64. The lowest BCUT2D eigenvalue weighted by Crippen LogP contribution is -2.51. The van der Waals surface area contributed by atoms with Crippen molar-refractivity contribution >= 4 is 15.8 Å². The maximum atomic E-state index is 12.9. The maximum absolute atomic E-state index is 12.9. The molecule has 3 rings (SSSR count). The largest absolute Gasteiger partial charge is 0.298 e. The minimum absolute atomic E-state index is 0.133. The van der Waals surface area contributed by atoms with Gasteiger partial charge in [0, 0.05) is 37.8 Å². The molecule has 5 nitrogen and oxygen atoms in total. The van der Waals surface area contributed by atoms with E-state index in [2.05, 4.69) is 24.0 Å². The van der Waals surface area contributed by atoms with Gasteiger partial charge in [-0.2, -0.15) is 4.31 Å². The minimum Gasteiger partial charge on any atom is -0.298 e. The van der Waals surface area contributed by atoms with Gasteiger partial charge in [-0.15, -0.1) is 0 Å². The number of hydrogen-bond donors (Lipinski definition) is 0. The molecule has 1 unspecified atom stereocenters. The van der Waals surface area contributed by atoms with Gasteiger partial charge in [-0.3, -0.25) is 9.69 Å². The summed E-state index contributed by atoms with van der Waals surface area (Å²) in [4.78, 5) is 14.1. The van der Waals surface area contributed by atoms with Gasteiger partial charge in [-0.25, -0.2) is 8.42 Å². The second kappa shape index (κ2) is 8.33. The quantitative estimate of drug-likeness (QED) is 0.717. The van der Waals surface area contributed by atoms with Gasteiger partial charge in [0.2, 0.25) is 10.0 Å². The fourth-order valence-electron chi connectivity index (χ4n) is 3.49. The van der Waals surface area contributed by atoms with Gasteiger partial charge >= 0.3 is 0 Å². The van der Waals surface area contributed by atoms with E-state index in [-0.39, 0.29) is 10.7 Å².